The van der Waals surface area contributed by atoms with E-state index in [0.29, 0.717) is 18.4 Å². The molecule has 4 heteroatoms. The monoisotopic (exact) mass is 360 g/mol. The summed E-state index contributed by atoms with van der Waals surface area (Å²) in [5.41, 5.74) is 2.27. The number of imide groups is 1. The zero-order chi connectivity index (χ0) is 18.4. The maximum atomic E-state index is 13.1. The molecule has 2 saturated carbocycles. The summed E-state index contributed by atoms with van der Waals surface area (Å²) in [5, 5.41) is 3.67. The molecule has 2 aromatic carbocycles. The van der Waals surface area contributed by atoms with Crippen molar-refractivity contribution in [2.75, 3.05) is 0 Å². The molecule has 0 aromatic heterocycles. The molecule has 2 amide bonds. The van der Waals surface area contributed by atoms with E-state index in [1.807, 2.05) is 48.5 Å². The number of hydrogen-bond donors (Lipinski definition) is 1. The second kappa shape index (κ2) is 6.61. The largest absolute Gasteiger partial charge is 0.309 e. The van der Waals surface area contributed by atoms with Crippen LogP contribution in [0.25, 0.3) is 0 Å². The molecule has 2 aliphatic carbocycles. The fourth-order valence-electron chi connectivity index (χ4n) is 5.60. The lowest BCUT2D eigenvalue weighted by Crippen LogP contribution is -2.39. The first-order chi connectivity index (χ1) is 13.2. The minimum absolute atomic E-state index is 0.0487. The zero-order valence-corrected chi connectivity index (χ0v) is 15.3. The number of benzene rings is 2. The molecule has 0 radical (unpaired) electrons. The lowest BCUT2D eigenvalue weighted by atomic mass is 9.81. The van der Waals surface area contributed by atoms with Gasteiger partial charge in [0.2, 0.25) is 11.8 Å². The summed E-state index contributed by atoms with van der Waals surface area (Å²) in [5.74, 6) is 0.448. The van der Waals surface area contributed by atoms with Crippen molar-refractivity contribution in [2.24, 2.45) is 23.7 Å². The van der Waals surface area contributed by atoms with Crippen LogP contribution in [0.5, 0.6) is 0 Å². The molecule has 5 rings (SSSR count). The lowest BCUT2D eigenvalue weighted by Gasteiger charge is -2.23. The van der Waals surface area contributed by atoms with Crippen molar-refractivity contribution in [3.8, 4) is 0 Å². The molecule has 4 nitrogen and oxygen atoms in total. The van der Waals surface area contributed by atoms with Crippen LogP contribution in [0.3, 0.4) is 0 Å². The third kappa shape index (κ3) is 2.71. The van der Waals surface area contributed by atoms with Gasteiger partial charge in [-0.25, -0.2) is 0 Å². The van der Waals surface area contributed by atoms with Gasteiger partial charge in [-0.2, -0.15) is 0 Å². The number of likely N-dealkylation sites (tertiary alicyclic amines) is 1. The Kier molecular flexibility index (Phi) is 4.09. The van der Waals surface area contributed by atoms with Crippen molar-refractivity contribution in [3.05, 3.63) is 71.8 Å². The molecule has 1 N–H and O–H groups in total. The van der Waals surface area contributed by atoms with Crippen molar-refractivity contribution in [2.45, 2.75) is 32.0 Å². The van der Waals surface area contributed by atoms with Gasteiger partial charge in [-0.05, 0) is 35.8 Å². The highest BCUT2D eigenvalue weighted by molar-refractivity contribution is 6.06. The van der Waals surface area contributed by atoms with Crippen LogP contribution in [-0.2, 0) is 22.7 Å². The van der Waals surface area contributed by atoms with Crippen LogP contribution in [-0.4, -0.2) is 22.8 Å². The maximum absolute atomic E-state index is 13.1. The molecule has 0 spiro atoms. The Hall–Kier alpha value is -2.46. The van der Waals surface area contributed by atoms with E-state index in [1.165, 1.54) is 10.5 Å². The van der Waals surface area contributed by atoms with E-state index in [0.717, 1.165) is 24.9 Å². The van der Waals surface area contributed by atoms with Crippen molar-refractivity contribution < 1.29 is 9.59 Å². The Morgan fingerprint density at radius 3 is 1.85 bits per heavy atom. The highest BCUT2D eigenvalue weighted by Gasteiger charge is 2.64. The Morgan fingerprint density at radius 2 is 1.30 bits per heavy atom. The smallest absolute Gasteiger partial charge is 0.233 e. The average molecular weight is 360 g/mol. The third-order valence-corrected chi connectivity index (χ3v) is 6.74. The normalized spacial score (nSPS) is 31.6. The lowest BCUT2D eigenvalue weighted by molar-refractivity contribution is -0.141. The van der Waals surface area contributed by atoms with Gasteiger partial charge in [0.25, 0.3) is 0 Å². The summed E-state index contributed by atoms with van der Waals surface area (Å²) >= 11 is 0. The first-order valence-corrected chi connectivity index (χ1v) is 9.90. The first-order valence-electron chi connectivity index (χ1n) is 9.90. The molecule has 4 atom stereocenters. The molecule has 27 heavy (non-hydrogen) atoms. The Labute approximate surface area is 159 Å². The van der Waals surface area contributed by atoms with Crippen molar-refractivity contribution >= 4 is 11.8 Å². The highest BCUT2D eigenvalue weighted by atomic mass is 16.2. The van der Waals surface area contributed by atoms with Gasteiger partial charge in [-0.1, -0.05) is 60.7 Å². The van der Waals surface area contributed by atoms with E-state index in [4.69, 9.17) is 0 Å². The maximum Gasteiger partial charge on any atom is 0.233 e. The second-order valence-corrected chi connectivity index (χ2v) is 8.10. The van der Waals surface area contributed by atoms with Gasteiger partial charge in [0.1, 0.15) is 0 Å². The van der Waals surface area contributed by atoms with Crippen molar-refractivity contribution in [1.82, 2.24) is 10.2 Å². The summed E-state index contributed by atoms with van der Waals surface area (Å²) in [4.78, 5) is 27.7. The van der Waals surface area contributed by atoms with Gasteiger partial charge in [0, 0.05) is 12.6 Å². The van der Waals surface area contributed by atoms with E-state index in [9.17, 15) is 9.59 Å². The van der Waals surface area contributed by atoms with Gasteiger partial charge >= 0.3 is 0 Å². The number of nitrogens with one attached hydrogen (secondary N) is 1. The number of nitrogens with zero attached hydrogens (tertiary/aromatic N) is 1. The molecule has 0 unspecified atom stereocenters. The van der Waals surface area contributed by atoms with Crippen molar-refractivity contribution in [3.63, 3.8) is 0 Å². The molecule has 3 aliphatic rings. The number of carbonyl (C=O) groups excluding carboxylic acids is 2. The Bertz CT molecular complexity index is 821. The standard InChI is InChI=1S/C23H24N2O2/c26-22-19-17-11-12-18(21(17)24-13-15-7-3-1-4-8-15)20(19)23(27)25(22)14-16-9-5-2-6-10-16/h1-10,17-21,24H,11-14H2/t17-,18-,19+,20+/m1/s1. The molecule has 138 valence electrons. The molecule has 1 aliphatic heterocycles. The Morgan fingerprint density at radius 1 is 0.778 bits per heavy atom. The summed E-state index contributed by atoms with van der Waals surface area (Å²) in [7, 11) is 0. The number of hydrogen-bond acceptors (Lipinski definition) is 3. The average Bonchev–Trinajstić information content (AvgIpc) is 3.33. The SMILES string of the molecule is O=C1[C@@H]2[C@@H](C(=O)N1Cc1ccccc1)[C@H]1CC[C@H]2C1NCc1ccccc1. The second-order valence-electron chi connectivity index (χ2n) is 8.10. The predicted octanol–water partition coefficient (Wildman–Crippen LogP) is 2.99. The van der Waals surface area contributed by atoms with Crippen LogP contribution in [0.4, 0.5) is 0 Å². The minimum atomic E-state index is -0.117. The van der Waals surface area contributed by atoms with E-state index >= 15 is 0 Å². The zero-order valence-electron chi connectivity index (χ0n) is 15.3. The highest BCUT2D eigenvalue weighted by Crippen LogP contribution is 2.56. The minimum Gasteiger partial charge on any atom is -0.309 e. The van der Waals surface area contributed by atoms with E-state index in [-0.39, 0.29) is 29.7 Å². The van der Waals surface area contributed by atoms with E-state index < -0.39 is 0 Å². The molecular weight excluding hydrogens is 336 g/mol. The number of rotatable bonds is 5. The van der Waals surface area contributed by atoms with Crippen LogP contribution in [0.1, 0.15) is 24.0 Å². The van der Waals surface area contributed by atoms with Gasteiger partial charge in [-0.3, -0.25) is 14.5 Å². The number of amides is 2. The molecule has 2 aromatic rings. The molecule has 1 saturated heterocycles. The summed E-state index contributed by atoms with van der Waals surface area (Å²) in [6.45, 7) is 1.21. The first kappa shape index (κ1) is 16.7. The van der Waals surface area contributed by atoms with Crippen LogP contribution in [0, 0.1) is 23.7 Å². The van der Waals surface area contributed by atoms with Crippen molar-refractivity contribution in [1.29, 1.82) is 0 Å². The fraction of sp³-hybridized carbons (Fsp3) is 0.391. The number of fused-ring (bicyclic) bond motifs is 5. The summed E-state index contributed by atoms with van der Waals surface area (Å²) in [6, 6.07) is 20.4. The topological polar surface area (TPSA) is 49.4 Å². The van der Waals surface area contributed by atoms with E-state index in [2.05, 4.69) is 17.4 Å². The third-order valence-electron chi connectivity index (χ3n) is 6.74. The predicted molar refractivity (Wildman–Crippen MR) is 102 cm³/mol. The van der Waals surface area contributed by atoms with E-state index in [1.54, 1.807) is 0 Å². The van der Waals surface area contributed by atoms with Gasteiger partial charge in [0.05, 0.1) is 18.4 Å². The molecule has 2 bridgehead atoms. The Balaban J connectivity index is 1.32. The molecule has 3 fully saturated rings. The van der Waals surface area contributed by atoms with Gasteiger partial charge < -0.3 is 5.32 Å². The van der Waals surface area contributed by atoms with Crippen LogP contribution < -0.4 is 5.32 Å². The molecule has 1 heterocycles. The van der Waals surface area contributed by atoms with Gasteiger partial charge in [-0.15, -0.1) is 0 Å². The quantitative estimate of drug-likeness (QED) is 0.834. The fourth-order valence-corrected chi connectivity index (χ4v) is 5.60. The number of carbonyl (C=O) groups is 2. The summed E-state index contributed by atoms with van der Waals surface area (Å²) < 4.78 is 0. The van der Waals surface area contributed by atoms with Crippen LogP contribution in [0.2, 0.25) is 0 Å². The molecular formula is C23H24N2O2. The summed E-state index contributed by atoms with van der Waals surface area (Å²) in [6.07, 6.45) is 2.10. The van der Waals surface area contributed by atoms with Gasteiger partial charge in [0.15, 0.2) is 0 Å². The van der Waals surface area contributed by atoms with Crippen LogP contribution >= 0.6 is 0 Å². The van der Waals surface area contributed by atoms with Crippen LogP contribution in [0.15, 0.2) is 60.7 Å².